The second-order valence-corrected chi connectivity index (χ2v) is 5.02. The van der Waals surface area contributed by atoms with Crippen molar-refractivity contribution in [2.24, 2.45) is 0 Å². The Labute approximate surface area is 123 Å². The molecule has 0 radical (unpaired) electrons. The summed E-state index contributed by atoms with van der Waals surface area (Å²) in [4.78, 5) is 25.1. The zero-order chi connectivity index (χ0) is 16.5. The first-order valence-electron chi connectivity index (χ1n) is 6.42. The van der Waals surface area contributed by atoms with Gasteiger partial charge >= 0.3 is 6.18 Å². The Balaban J connectivity index is 2.13. The fraction of sp³-hybridized carbons (Fsp3) is 0.538. The number of halogens is 3. The summed E-state index contributed by atoms with van der Waals surface area (Å²) in [5.41, 5.74) is -2.82. The summed E-state index contributed by atoms with van der Waals surface area (Å²) >= 11 is 0. The first-order valence-corrected chi connectivity index (χ1v) is 6.42. The van der Waals surface area contributed by atoms with Crippen LogP contribution in [0.1, 0.15) is 28.8 Å². The summed E-state index contributed by atoms with van der Waals surface area (Å²) in [6.07, 6.45) is -3.37. The second-order valence-electron chi connectivity index (χ2n) is 5.02. The van der Waals surface area contributed by atoms with E-state index in [9.17, 15) is 22.8 Å². The number of aromatic amines is 1. The Hall–Kier alpha value is -1.87. The number of ether oxygens (including phenoxy) is 2. The highest BCUT2D eigenvalue weighted by molar-refractivity contribution is 5.95. The Bertz CT molecular complexity index is 614. The van der Waals surface area contributed by atoms with Crippen molar-refractivity contribution in [1.82, 2.24) is 10.3 Å². The van der Waals surface area contributed by atoms with Gasteiger partial charge in [-0.15, -0.1) is 0 Å². The Morgan fingerprint density at radius 2 is 1.95 bits per heavy atom. The van der Waals surface area contributed by atoms with Crippen LogP contribution in [-0.2, 0) is 15.7 Å². The molecule has 0 spiro atoms. The summed E-state index contributed by atoms with van der Waals surface area (Å²) < 4.78 is 48.9. The van der Waals surface area contributed by atoms with E-state index >= 15 is 0 Å². The molecule has 1 aliphatic rings. The van der Waals surface area contributed by atoms with E-state index in [2.05, 4.69) is 10.3 Å². The number of H-pyrrole nitrogens is 1. The van der Waals surface area contributed by atoms with Crippen LogP contribution >= 0.6 is 0 Å². The predicted molar refractivity (Wildman–Crippen MR) is 69.3 cm³/mol. The summed E-state index contributed by atoms with van der Waals surface area (Å²) in [7, 11) is 2.90. The zero-order valence-corrected chi connectivity index (χ0v) is 11.9. The Morgan fingerprint density at radius 1 is 1.36 bits per heavy atom. The molecule has 0 aliphatic heterocycles. The minimum absolute atomic E-state index is 0.330. The fourth-order valence-corrected chi connectivity index (χ4v) is 2.37. The van der Waals surface area contributed by atoms with Crippen LogP contribution in [0.2, 0.25) is 0 Å². The molecular weight excluding hydrogens is 305 g/mol. The standard InChI is InChI=1S/C13H15F3N2O4/c1-21-12(22-2)4-7(5-12)18-11(20)8-6-17-10(19)3-9(8)13(14,15)16/h3,6-7H,4-5H2,1-2H3,(H,17,19)(H,18,20). The van der Waals surface area contributed by atoms with Crippen molar-refractivity contribution in [3.05, 3.63) is 33.7 Å². The SMILES string of the molecule is COC1(OC)CC(NC(=O)c2c[nH]c(=O)cc2C(F)(F)F)C1. The Kier molecular flexibility index (Phi) is 4.30. The highest BCUT2D eigenvalue weighted by atomic mass is 19.4. The van der Waals surface area contributed by atoms with Crippen LogP contribution in [-0.4, -0.2) is 36.9 Å². The molecule has 0 atom stereocenters. The maximum Gasteiger partial charge on any atom is 0.417 e. The van der Waals surface area contributed by atoms with Gasteiger partial charge in [0.05, 0.1) is 11.1 Å². The van der Waals surface area contributed by atoms with Crippen molar-refractivity contribution in [2.75, 3.05) is 14.2 Å². The summed E-state index contributed by atoms with van der Waals surface area (Å²) in [5.74, 6) is -1.72. The number of hydrogen-bond donors (Lipinski definition) is 2. The van der Waals surface area contributed by atoms with E-state index in [-0.39, 0.29) is 6.04 Å². The largest absolute Gasteiger partial charge is 0.417 e. The minimum Gasteiger partial charge on any atom is -0.353 e. The van der Waals surface area contributed by atoms with Crippen LogP contribution in [0.5, 0.6) is 0 Å². The average molecular weight is 320 g/mol. The molecule has 9 heteroatoms. The van der Waals surface area contributed by atoms with Gasteiger partial charge in [-0.3, -0.25) is 9.59 Å². The van der Waals surface area contributed by atoms with E-state index < -0.39 is 34.6 Å². The number of methoxy groups -OCH3 is 2. The van der Waals surface area contributed by atoms with Crippen molar-refractivity contribution in [1.29, 1.82) is 0 Å². The normalized spacial score (nSPS) is 17.9. The predicted octanol–water partition coefficient (Wildman–Crippen LogP) is 1.27. The summed E-state index contributed by atoms with van der Waals surface area (Å²) in [5, 5.41) is 2.47. The van der Waals surface area contributed by atoms with Gasteiger partial charge in [-0.1, -0.05) is 0 Å². The van der Waals surface area contributed by atoms with Crippen LogP contribution in [0.3, 0.4) is 0 Å². The average Bonchev–Trinajstić information content (AvgIpc) is 2.41. The molecule has 0 bridgehead atoms. The molecule has 1 heterocycles. The van der Waals surface area contributed by atoms with Gasteiger partial charge < -0.3 is 19.8 Å². The smallest absolute Gasteiger partial charge is 0.353 e. The van der Waals surface area contributed by atoms with Crippen molar-refractivity contribution in [2.45, 2.75) is 30.8 Å². The van der Waals surface area contributed by atoms with Crippen molar-refractivity contribution < 1.29 is 27.4 Å². The van der Waals surface area contributed by atoms with E-state index in [1.165, 1.54) is 14.2 Å². The van der Waals surface area contributed by atoms with Crippen molar-refractivity contribution in [3.8, 4) is 0 Å². The molecule has 1 amide bonds. The molecule has 2 N–H and O–H groups in total. The van der Waals surface area contributed by atoms with Gasteiger partial charge in [0.2, 0.25) is 5.56 Å². The van der Waals surface area contributed by atoms with E-state index in [1.807, 2.05) is 0 Å². The van der Waals surface area contributed by atoms with Crippen LogP contribution in [0.25, 0.3) is 0 Å². The van der Waals surface area contributed by atoms with E-state index in [0.29, 0.717) is 18.9 Å². The van der Waals surface area contributed by atoms with Gasteiger partial charge in [0.1, 0.15) is 0 Å². The molecule has 1 aromatic rings. The van der Waals surface area contributed by atoms with Crippen LogP contribution in [0.15, 0.2) is 17.1 Å². The van der Waals surface area contributed by atoms with Crippen LogP contribution in [0.4, 0.5) is 13.2 Å². The number of hydrogen-bond acceptors (Lipinski definition) is 4. The lowest BCUT2D eigenvalue weighted by molar-refractivity contribution is -0.258. The van der Waals surface area contributed by atoms with E-state index in [1.54, 1.807) is 0 Å². The lowest BCUT2D eigenvalue weighted by Crippen LogP contribution is -2.57. The first kappa shape index (κ1) is 16.5. The molecule has 1 aromatic heterocycles. The van der Waals surface area contributed by atoms with Gasteiger partial charge in [0, 0.05) is 45.4 Å². The number of nitrogens with one attached hydrogen (secondary N) is 2. The van der Waals surface area contributed by atoms with Gasteiger partial charge in [-0.25, -0.2) is 0 Å². The third-order valence-electron chi connectivity index (χ3n) is 3.67. The molecule has 0 aromatic carbocycles. The minimum atomic E-state index is -4.79. The molecule has 1 aliphatic carbocycles. The lowest BCUT2D eigenvalue weighted by Gasteiger charge is -2.45. The monoisotopic (exact) mass is 320 g/mol. The number of amides is 1. The van der Waals surface area contributed by atoms with Crippen molar-refractivity contribution >= 4 is 5.91 Å². The molecule has 2 rings (SSSR count). The number of aromatic nitrogens is 1. The van der Waals surface area contributed by atoms with Gasteiger partial charge in [-0.2, -0.15) is 13.2 Å². The van der Waals surface area contributed by atoms with E-state index in [4.69, 9.17) is 9.47 Å². The van der Waals surface area contributed by atoms with Gasteiger partial charge in [-0.05, 0) is 0 Å². The number of rotatable bonds is 4. The summed E-state index contributed by atoms with van der Waals surface area (Å²) in [6.45, 7) is 0. The molecule has 0 saturated heterocycles. The number of alkyl halides is 3. The molecule has 122 valence electrons. The topological polar surface area (TPSA) is 80.4 Å². The highest BCUT2D eigenvalue weighted by Gasteiger charge is 2.46. The molecular formula is C13H15F3N2O4. The molecule has 0 unspecified atom stereocenters. The number of carbonyl (C=O) groups is 1. The first-order chi connectivity index (χ1) is 10.2. The van der Waals surface area contributed by atoms with Crippen LogP contribution in [0, 0.1) is 0 Å². The zero-order valence-electron chi connectivity index (χ0n) is 11.9. The van der Waals surface area contributed by atoms with E-state index in [0.717, 1.165) is 6.20 Å². The quantitative estimate of drug-likeness (QED) is 0.819. The highest BCUT2D eigenvalue weighted by Crippen LogP contribution is 2.36. The third kappa shape index (κ3) is 3.14. The molecule has 6 nitrogen and oxygen atoms in total. The summed E-state index contributed by atoms with van der Waals surface area (Å²) in [6, 6.07) is 0.00464. The molecule has 22 heavy (non-hydrogen) atoms. The van der Waals surface area contributed by atoms with Gasteiger partial charge in [0.15, 0.2) is 5.79 Å². The second kappa shape index (κ2) is 5.73. The fourth-order valence-electron chi connectivity index (χ4n) is 2.37. The third-order valence-corrected chi connectivity index (χ3v) is 3.67. The van der Waals surface area contributed by atoms with Crippen molar-refractivity contribution in [3.63, 3.8) is 0 Å². The number of pyridine rings is 1. The Morgan fingerprint density at radius 3 is 2.45 bits per heavy atom. The maximum atomic E-state index is 12.9. The number of carbonyl (C=O) groups excluding carboxylic acids is 1. The van der Waals surface area contributed by atoms with Crippen LogP contribution < -0.4 is 10.9 Å². The van der Waals surface area contributed by atoms with Gasteiger partial charge in [0.25, 0.3) is 5.91 Å². The maximum absolute atomic E-state index is 12.9. The molecule has 1 fully saturated rings. The molecule has 1 saturated carbocycles. The lowest BCUT2D eigenvalue weighted by atomic mass is 9.84.